The van der Waals surface area contributed by atoms with Gasteiger partial charge in [0.05, 0.1) is 6.26 Å². The summed E-state index contributed by atoms with van der Waals surface area (Å²) in [5, 5.41) is 9.49. The first-order valence-electron chi connectivity index (χ1n) is 9.07. The molecule has 0 radical (unpaired) electrons. The van der Waals surface area contributed by atoms with Gasteiger partial charge in [-0.25, -0.2) is 0 Å². The Balaban J connectivity index is 0.00000364. The van der Waals surface area contributed by atoms with Crippen LogP contribution >= 0.6 is 24.0 Å². The summed E-state index contributed by atoms with van der Waals surface area (Å²) < 4.78 is 5.35. The van der Waals surface area contributed by atoms with Gasteiger partial charge in [-0.15, -0.1) is 24.0 Å². The van der Waals surface area contributed by atoms with Crippen LogP contribution in [0.2, 0.25) is 0 Å². The predicted molar refractivity (Wildman–Crippen MR) is 120 cm³/mol. The zero-order valence-electron chi connectivity index (χ0n) is 15.7. The van der Waals surface area contributed by atoms with E-state index in [-0.39, 0.29) is 29.9 Å². The average Bonchev–Trinajstić information content (AvgIpc) is 3.15. The minimum absolute atomic E-state index is 0. The summed E-state index contributed by atoms with van der Waals surface area (Å²) in [5.74, 6) is 1.73. The third kappa shape index (κ3) is 10.6. The Morgan fingerprint density at radius 1 is 0.963 bits per heavy atom. The van der Waals surface area contributed by atoms with E-state index in [0.717, 1.165) is 44.1 Å². The number of rotatable bonds is 10. The number of carbonyl (C=O) groups excluding carboxylic acids is 1. The first kappa shape index (κ1) is 23.0. The second-order valence-electron chi connectivity index (χ2n) is 5.99. The Bertz CT molecular complexity index is 660. The van der Waals surface area contributed by atoms with Gasteiger partial charge in [-0.05, 0) is 30.5 Å². The maximum atomic E-state index is 10.9. The van der Waals surface area contributed by atoms with Crippen LogP contribution in [0.3, 0.4) is 0 Å². The van der Waals surface area contributed by atoms with Gasteiger partial charge in [0, 0.05) is 39.5 Å². The number of hydrogen-bond donors (Lipinski definition) is 3. The number of carbonyl (C=O) groups is 1. The Labute approximate surface area is 178 Å². The highest BCUT2D eigenvalue weighted by Gasteiger charge is 2.01. The molecule has 7 heteroatoms. The first-order chi connectivity index (χ1) is 12.7. The zero-order chi connectivity index (χ0) is 18.5. The van der Waals surface area contributed by atoms with Crippen molar-refractivity contribution in [1.29, 1.82) is 0 Å². The molecular formula is C20H29IN4O2. The highest BCUT2D eigenvalue weighted by atomic mass is 127. The number of hydrogen-bond acceptors (Lipinski definition) is 3. The summed E-state index contributed by atoms with van der Waals surface area (Å²) in [4.78, 5) is 15.5. The molecule has 0 bridgehead atoms. The number of aliphatic imine (C=N–C) groups is 1. The van der Waals surface area contributed by atoms with Crippen molar-refractivity contribution < 1.29 is 9.21 Å². The van der Waals surface area contributed by atoms with E-state index in [2.05, 4.69) is 33.1 Å². The first-order valence-corrected chi connectivity index (χ1v) is 9.07. The molecule has 0 atom stereocenters. The van der Waals surface area contributed by atoms with Crippen molar-refractivity contribution in [2.45, 2.75) is 26.2 Å². The fourth-order valence-corrected chi connectivity index (χ4v) is 2.44. The number of benzene rings is 1. The Kier molecular flexibility index (Phi) is 12.0. The second kappa shape index (κ2) is 14.1. The Morgan fingerprint density at radius 2 is 1.70 bits per heavy atom. The number of furan rings is 1. The second-order valence-corrected chi connectivity index (χ2v) is 5.99. The van der Waals surface area contributed by atoms with Crippen molar-refractivity contribution in [1.82, 2.24) is 16.0 Å². The van der Waals surface area contributed by atoms with Crippen LogP contribution in [0.4, 0.5) is 0 Å². The summed E-state index contributed by atoms with van der Waals surface area (Å²) in [5.41, 5.74) is 1.29. The molecule has 6 nitrogen and oxygen atoms in total. The molecule has 1 amide bonds. The van der Waals surface area contributed by atoms with Gasteiger partial charge in [0.2, 0.25) is 5.91 Å². The molecule has 0 aliphatic heterocycles. The van der Waals surface area contributed by atoms with E-state index < -0.39 is 0 Å². The highest BCUT2D eigenvalue weighted by Crippen LogP contribution is 2.00. The van der Waals surface area contributed by atoms with Crippen molar-refractivity contribution in [2.75, 3.05) is 26.2 Å². The van der Waals surface area contributed by atoms with Gasteiger partial charge in [-0.3, -0.25) is 9.79 Å². The fourth-order valence-electron chi connectivity index (χ4n) is 2.44. The van der Waals surface area contributed by atoms with Gasteiger partial charge < -0.3 is 20.4 Å². The monoisotopic (exact) mass is 484 g/mol. The number of amides is 1. The molecule has 2 rings (SSSR count). The summed E-state index contributed by atoms with van der Waals surface area (Å²) in [6.45, 7) is 4.37. The molecule has 1 heterocycles. The number of guanidine groups is 1. The predicted octanol–water partition coefficient (Wildman–Crippen LogP) is 2.74. The van der Waals surface area contributed by atoms with Crippen LogP contribution in [-0.2, 0) is 17.6 Å². The lowest BCUT2D eigenvalue weighted by Gasteiger charge is -2.12. The summed E-state index contributed by atoms with van der Waals surface area (Å²) in [6.07, 6.45) is 4.23. The van der Waals surface area contributed by atoms with Crippen molar-refractivity contribution in [2.24, 2.45) is 4.99 Å². The summed E-state index contributed by atoms with van der Waals surface area (Å²) in [7, 11) is 0. The molecule has 3 N–H and O–H groups in total. The van der Waals surface area contributed by atoms with E-state index in [1.165, 1.54) is 12.5 Å². The number of nitrogens with zero attached hydrogens (tertiary/aromatic N) is 1. The van der Waals surface area contributed by atoms with Crippen LogP contribution in [-0.4, -0.2) is 38.0 Å². The molecule has 1 aromatic heterocycles. The molecular weight excluding hydrogens is 455 g/mol. The van der Waals surface area contributed by atoms with Gasteiger partial charge >= 0.3 is 0 Å². The maximum absolute atomic E-state index is 10.9. The normalized spacial score (nSPS) is 10.8. The summed E-state index contributed by atoms with van der Waals surface area (Å²) in [6, 6.07) is 14.2. The van der Waals surface area contributed by atoms with E-state index >= 15 is 0 Å². The Morgan fingerprint density at radius 3 is 2.37 bits per heavy atom. The van der Waals surface area contributed by atoms with E-state index in [4.69, 9.17) is 4.42 Å². The lowest BCUT2D eigenvalue weighted by Crippen LogP contribution is -2.39. The topological polar surface area (TPSA) is 78.7 Å². The lowest BCUT2D eigenvalue weighted by atomic mass is 10.1. The molecule has 0 saturated heterocycles. The van der Waals surface area contributed by atoms with Crippen LogP contribution in [0.1, 0.15) is 24.7 Å². The van der Waals surface area contributed by atoms with Gasteiger partial charge in [0.25, 0.3) is 0 Å². The molecule has 0 aliphatic rings. The van der Waals surface area contributed by atoms with E-state index in [0.29, 0.717) is 13.1 Å². The highest BCUT2D eigenvalue weighted by molar-refractivity contribution is 14.0. The van der Waals surface area contributed by atoms with Crippen molar-refractivity contribution in [3.63, 3.8) is 0 Å². The standard InChI is InChI=1S/C20H28N4O2.HI/c1-17(25)21-12-6-13-22-20(24-15-11-19-9-5-16-26-19)23-14-10-18-7-3-2-4-8-18;/h2-5,7-9,16H,6,10-15H2,1H3,(H,21,25)(H2,22,23,24);1H. The van der Waals surface area contributed by atoms with Crippen molar-refractivity contribution in [3.05, 3.63) is 60.1 Å². The van der Waals surface area contributed by atoms with Crippen molar-refractivity contribution in [3.8, 4) is 0 Å². The molecule has 27 heavy (non-hydrogen) atoms. The van der Waals surface area contributed by atoms with E-state index in [9.17, 15) is 4.79 Å². The van der Waals surface area contributed by atoms with Crippen molar-refractivity contribution >= 4 is 35.8 Å². The number of nitrogens with one attached hydrogen (secondary N) is 3. The molecule has 1 aromatic carbocycles. The molecule has 0 spiro atoms. The van der Waals surface area contributed by atoms with Gasteiger partial charge in [0.1, 0.15) is 5.76 Å². The van der Waals surface area contributed by atoms with Gasteiger partial charge in [-0.1, -0.05) is 30.3 Å². The van der Waals surface area contributed by atoms with Crippen LogP contribution in [0.5, 0.6) is 0 Å². The maximum Gasteiger partial charge on any atom is 0.216 e. The van der Waals surface area contributed by atoms with Gasteiger partial charge in [-0.2, -0.15) is 0 Å². The molecule has 0 saturated carbocycles. The average molecular weight is 484 g/mol. The van der Waals surface area contributed by atoms with E-state index in [1.54, 1.807) is 6.26 Å². The van der Waals surface area contributed by atoms with Crippen LogP contribution in [0, 0.1) is 0 Å². The number of halogens is 1. The molecule has 0 aliphatic carbocycles. The minimum atomic E-state index is -0.00763. The van der Waals surface area contributed by atoms with Crippen LogP contribution in [0.25, 0.3) is 0 Å². The molecule has 0 fully saturated rings. The van der Waals surface area contributed by atoms with Crippen LogP contribution < -0.4 is 16.0 Å². The third-order valence-electron chi connectivity index (χ3n) is 3.77. The smallest absolute Gasteiger partial charge is 0.216 e. The van der Waals surface area contributed by atoms with E-state index in [1.807, 2.05) is 30.3 Å². The third-order valence-corrected chi connectivity index (χ3v) is 3.77. The Hall–Kier alpha value is -2.03. The lowest BCUT2D eigenvalue weighted by molar-refractivity contribution is -0.118. The zero-order valence-corrected chi connectivity index (χ0v) is 18.1. The SMILES string of the molecule is CC(=O)NCCCN=C(NCCc1ccccc1)NCCc1ccco1.I. The molecule has 148 valence electrons. The molecule has 2 aromatic rings. The van der Waals surface area contributed by atoms with Gasteiger partial charge in [0.15, 0.2) is 5.96 Å². The molecule has 0 unspecified atom stereocenters. The minimum Gasteiger partial charge on any atom is -0.469 e. The quantitative estimate of drug-likeness (QED) is 0.210. The van der Waals surface area contributed by atoms with Crippen LogP contribution in [0.15, 0.2) is 58.1 Å². The largest absolute Gasteiger partial charge is 0.469 e. The fraction of sp³-hybridized carbons (Fsp3) is 0.400. The summed E-state index contributed by atoms with van der Waals surface area (Å²) >= 11 is 0.